The Kier molecular flexibility index (Phi) is 3.47. The van der Waals surface area contributed by atoms with Gasteiger partial charge in [0.05, 0.1) is 12.7 Å². The van der Waals surface area contributed by atoms with Gasteiger partial charge in [-0.3, -0.25) is 4.79 Å². The standard InChI is InChI=1S/C11H8O4/c1-15-9-4-5-10(11(13)14)8(7-9)3-2-6-12/h4-7H,1H3,(H,13,14). The van der Waals surface area contributed by atoms with E-state index in [1.165, 1.54) is 25.3 Å². The lowest BCUT2D eigenvalue weighted by atomic mass is 10.1. The fraction of sp³-hybridized carbons (Fsp3) is 0.0909. The van der Waals surface area contributed by atoms with Crippen LogP contribution < -0.4 is 4.74 Å². The summed E-state index contributed by atoms with van der Waals surface area (Å²) in [5.41, 5.74) is 0.305. The molecule has 0 saturated carbocycles. The molecule has 0 atom stereocenters. The third-order valence-corrected chi connectivity index (χ3v) is 1.72. The summed E-state index contributed by atoms with van der Waals surface area (Å²) in [7, 11) is 1.46. The number of aldehydes is 1. The Labute approximate surface area is 86.5 Å². The van der Waals surface area contributed by atoms with E-state index in [9.17, 15) is 9.59 Å². The van der Waals surface area contributed by atoms with Crippen LogP contribution in [0.25, 0.3) is 0 Å². The number of carbonyl (C=O) groups is 2. The van der Waals surface area contributed by atoms with Crippen LogP contribution in [-0.4, -0.2) is 24.5 Å². The molecule has 0 radical (unpaired) electrons. The van der Waals surface area contributed by atoms with Gasteiger partial charge in [0.1, 0.15) is 5.75 Å². The van der Waals surface area contributed by atoms with Crippen LogP contribution in [0.3, 0.4) is 0 Å². The van der Waals surface area contributed by atoms with Gasteiger partial charge >= 0.3 is 5.97 Å². The molecule has 15 heavy (non-hydrogen) atoms. The summed E-state index contributed by atoms with van der Waals surface area (Å²) in [6.07, 6.45) is 0.408. The molecule has 4 nitrogen and oxygen atoms in total. The molecule has 0 saturated heterocycles. The van der Waals surface area contributed by atoms with Crippen LogP contribution in [-0.2, 0) is 4.79 Å². The van der Waals surface area contributed by atoms with Gasteiger partial charge in [0.2, 0.25) is 0 Å². The second-order valence-electron chi connectivity index (χ2n) is 2.60. The van der Waals surface area contributed by atoms with Gasteiger partial charge in [-0.2, -0.15) is 0 Å². The fourth-order valence-electron chi connectivity index (χ4n) is 1.05. The maximum Gasteiger partial charge on any atom is 0.336 e. The minimum absolute atomic E-state index is 0.0464. The first-order valence-electron chi connectivity index (χ1n) is 4.05. The number of methoxy groups -OCH3 is 1. The summed E-state index contributed by atoms with van der Waals surface area (Å²) >= 11 is 0. The highest BCUT2D eigenvalue weighted by Crippen LogP contribution is 2.16. The first-order valence-corrected chi connectivity index (χ1v) is 4.05. The average molecular weight is 204 g/mol. The van der Waals surface area contributed by atoms with E-state index in [1.807, 2.05) is 0 Å². The molecule has 1 aromatic carbocycles. The Balaban J connectivity index is 3.28. The number of carbonyl (C=O) groups excluding carboxylic acids is 1. The molecule has 0 heterocycles. The third kappa shape index (κ3) is 2.58. The quantitative estimate of drug-likeness (QED) is 0.575. The lowest BCUT2D eigenvalue weighted by Crippen LogP contribution is -2.00. The average Bonchev–Trinajstić information content (AvgIpc) is 2.25. The highest BCUT2D eigenvalue weighted by molar-refractivity contribution is 5.91. The molecule has 76 valence electrons. The van der Waals surface area contributed by atoms with Gasteiger partial charge in [0.25, 0.3) is 0 Å². The molecule has 1 N–H and O–H groups in total. The van der Waals surface area contributed by atoms with Crippen LogP contribution in [0.1, 0.15) is 15.9 Å². The van der Waals surface area contributed by atoms with Crippen LogP contribution in [0.5, 0.6) is 5.75 Å². The van der Waals surface area contributed by atoms with Gasteiger partial charge in [-0.1, -0.05) is 5.92 Å². The second kappa shape index (κ2) is 4.82. The number of carboxylic acids is 1. The van der Waals surface area contributed by atoms with Crippen LogP contribution in [0.15, 0.2) is 18.2 Å². The van der Waals surface area contributed by atoms with Crippen molar-refractivity contribution >= 4 is 12.3 Å². The smallest absolute Gasteiger partial charge is 0.336 e. The second-order valence-corrected chi connectivity index (χ2v) is 2.60. The zero-order valence-electron chi connectivity index (χ0n) is 7.98. The topological polar surface area (TPSA) is 63.6 Å². The van der Waals surface area contributed by atoms with Crippen LogP contribution in [0.4, 0.5) is 0 Å². The van der Waals surface area contributed by atoms with E-state index in [2.05, 4.69) is 11.8 Å². The van der Waals surface area contributed by atoms with Crippen molar-refractivity contribution in [3.8, 4) is 17.6 Å². The van der Waals surface area contributed by atoms with Crippen molar-refractivity contribution in [3.05, 3.63) is 29.3 Å². The number of carboxylic acid groups (broad SMARTS) is 1. The van der Waals surface area contributed by atoms with E-state index in [0.717, 1.165) is 0 Å². The van der Waals surface area contributed by atoms with E-state index in [1.54, 1.807) is 0 Å². The number of hydrogen-bond acceptors (Lipinski definition) is 3. The predicted octanol–water partition coefficient (Wildman–Crippen LogP) is 0.944. The SMILES string of the molecule is COc1ccc(C(=O)O)c(C#CC=O)c1. The zero-order chi connectivity index (χ0) is 11.3. The molecule has 0 aliphatic carbocycles. The highest BCUT2D eigenvalue weighted by atomic mass is 16.5. The first-order chi connectivity index (χ1) is 7.19. The van der Waals surface area contributed by atoms with Crippen molar-refractivity contribution in [2.75, 3.05) is 7.11 Å². The van der Waals surface area contributed by atoms with E-state index >= 15 is 0 Å². The summed E-state index contributed by atoms with van der Waals surface area (Å²) in [5, 5.41) is 8.83. The third-order valence-electron chi connectivity index (χ3n) is 1.72. The summed E-state index contributed by atoms with van der Waals surface area (Å²) in [6, 6.07) is 4.38. The fourth-order valence-corrected chi connectivity index (χ4v) is 1.05. The molecule has 0 amide bonds. The predicted molar refractivity (Wildman–Crippen MR) is 52.9 cm³/mol. The number of rotatable bonds is 2. The van der Waals surface area contributed by atoms with Crippen LogP contribution in [0.2, 0.25) is 0 Å². The summed E-state index contributed by atoms with van der Waals surface area (Å²) in [4.78, 5) is 20.8. The van der Waals surface area contributed by atoms with Gasteiger partial charge in [-0.25, -0.2) is 4.79 Å². The van der Waals surface area contributed by atoms with Gasteiger partial charge in [0, 0.05) is 5.56 Å². The molecule has 0 unspecified atom stereocenters. The van der Waals surface area contributed by atoms with Gasteiger partial charge < -0.3 is 9.84 Å². The van der Waals surface area contributed by atoms with Crippen LogP contribution >= 0.6 is 0 Å². The lowest BCUT2D eigenvalue weighted by molar-refractivity contribution is -0.103. The zero-order valence-corrected chi connectivity index (χ0v) is 7.98. The molecule has 0 aliphatic rings. The molecular formula is C11H8O4. The molecular weight excluding hydrogens is 196 g/mol. The maximum atomic E-state index is 10.8. The highest BCUT2D eigenvalue weighted by Gasteiger charge is 2.08. The summed E-state index contributed by atoms with van der Waals surface area (Å²) in [6.45, 7) is 0. The molecule has 0 spiro atoms. The van der Waals surface area contributed by atoms with Crippen molar-refractivity contribution in [2.45, 2.75) is 0 Å². The summed E-state index contributed by atoms with van der Waals surface area (Å²) < 4.78 is 4.92. The molecule has 0 aliphatic heterocycles. The molecule has 0 bridgehead atoms. The number of hydrogen-bond donors (Lipinski definition) is 1. The molecule has 1 aromatic rings. The normalized spacial score (nSPS) is 8.60. The van der Waals surface area contributed by atoms with E-state index in [-0.39, 0.29) is 11.1 Å². The van der Waals surface area contributed by atoms with Crippen molar-refractivity contribution in [3.63, 3.8) is 0 Å². The van der Waals surface area contributed by atoms with Crippen molar-refractivity contribution in [1.82, 2.24) is 0 Å². The Morgan fingerprint density at radius 1 is 1.53 bits per heavy atom. The van der Waals surface area contributed by atoms with Crippen LogP contribution in [0, 0.1) is 11.8 Å². The Bertz CT molecular complexity index is 451. The first kappa shape index (κ1) is 10.8. The van der Waals surface area contributed by atoms with Gasteiger partial charge in [-0.15, -0.1) is 0 Å². The van der Waals surface area contributed by atoms with E-state index in [0.29, 0.717) is 12.0 Å². The number of benzene rings is 1. The Hall–Kier alpha value is -2.28. The minimum atomic E-state index is -1.09. The van der Waals surface area contributed by atoms with Crippen molar-refractivity contribution in [1.29, 1.82) is 0 Å². The Morgan fingerprint density at radius 3 is 2.80 bits per heavy atom. The number of ether oxygens (including phenoxy) is 1. The Morgan fingerprint density at radius 2 is 2.27 bits per heavy atom. The molecule has 1 rings (SSSR count). The monoisotopic (exact) mass is 204 g/mol. The number of aromatic carboxylic acids is 1. The maximum absolute atomic E-state index is 10.8. The molecule has 0 aromatic heterocycles. The van der Waals surface area contributed by atoms with Crippen molar-refractivity contribution in [2.24, 2.45) is 0 Å². The largest absolute Gasteiger partial charge is 0.497 e. The van der Waals surface area contributed by atoms with Gasteiger partial charge in [-0.05, 0) is 24.1 Å². The van der Waals surface area contributed by atoms with E-state index in [4.69, 9.17) is 9.84 Å². The lowest BCUT2D eigenvalue weighted by Gasteiger charge is -2.02. The van der Waals surface area contributed by atoms with E-state index < -0.39 is 5.97 Å². The summed E-state index contributed by atoms with van der Waals surface area (Å²) in [5.74, 6) is 4.01. The van der Waals surface area contributed by atoms with Gasteiger partial charge in [0.15, 0.2) is 6.29 Å². The molecule has 0 fully saturated rings. The minimum Gasteiger partial charge on any atom is -0.497 e. The molecule has 4 heteroatoms. The van der Waals surface area contributed by atoms with Crippen molar-refractivity contribution < 1.29 is 19.4 Å².